The van der Waals surface area contributed by atoms with Crippen LogP contribution in [-0.2, 0) is 0 Å². The zero-order valence-electron chi connectivity index (χ0n) is 17.6. The fraction of sp³-hybridized carbons (Fsp3) is 0.0870. The Labute approximate surface area is 197 Å². The number of hydrogen-bond acceptors (Lipinski definition) is 7. The molecule has 0 amide bonds. The molecule has 34 heavy (non-hydrogen) atoms. The van der Waals surface area contributed by atoms with Crippen LogP contribution in [0.5, 0.6) is 5.75 Å². The Balaban J connectivity index is 1.65. The summed E-state index contributed by atoms with van der Waals surface area (Å²) in [6.45, 7) is 1.81. The number of anilines is 2. The van der Waals surface area contributed by atoms with Crippen LogP contribution in [0.15, 0.2) is 61.4 Å². The van der Waals surface area contributed by atoms with E-state index in [0.717, 1.165) is 17.2 Å². The molecular weight excluding hydrogens is 464 g/mol. The van der Waals surface area contributed by atoms with E-state index in [2.05, 4.69) is 35.5 Å². The van der Waals surface area contributed by atoms with Gasteiger partial charge in [-0.2, -0.15) is 5.10 Å². The van der Waals surface area contributed by atoms with Gasteiger partial charge in [0.15, 0.2) is 17.7 Å². The highest BCUT2D eigenvalue weighted by molar-refractivity contribution is 6.31. The maximum absolute atomic E-state index is 14.6. The van der Waals surface area contributed by atoms with Crippen molar-refractivity contribution in [1.82, 2.24) is 30.1 Å². The highest BCUT2D eigenvalue weighted by Gasteiger charge is 2.19. The Hall–Kier alpha value is -4.18. The molecule has 0 saturated carbocycles. The molecule has 0 saturated heterocycles. The van der Waals surface area contributed by atoms with Crippen LogP contribution >= 0.6 is 11.6 Å². The number of ether oxygens (including phenoxy) is 1. The number of hydrogen-bond donors (Lipinski definition) is 2. The molecule has 3 aromatic heterocycles. The smallest absolute Gasteiger partial charge is 0.168 e. The second-order valence-electron chi connectivity index (χ2n) is 7.29. The van der Waals surface area contributed by atoms with Crippen LogP contribution < -0.4 is 10.1 Å². The van der Waals surface area contributed by atoms with E-state index in [4.69, 9.17) is 16.3 Å². The highest BCUT2D eigenvalue weighted by Crippen LogP contribution is 2.38. The largest absolute Gasteiger partial charge is 0.482 e. The summed E-state index contributed by atoms with van der Waals surface area (Å²) in [6.07, 6.45) is 7.48. The van der Waals surface area contributed by atoms with E-state index in [-0.39, 0.29) is 11.5 Å². The Kier molecular flexibility index (Phi) is 5.72. The van der Waals surface area contributed by atoms with Crippen molar-refractivity contribution in [2.75, 3.05) is 5.32 Å². The van der Waals surface area contributed by atoms with Gasteiger partial charge in [0.1, 0.15) is 28.7 Å². The normalized spacial score (nSPS) is 12.0. The highest BCUT2D eigenvalue weighted by atomic mass is 35.5. The average molecular weight is 480 g/mol. The van der Waals surface area contributed by atoms with Gasteiger partial charge in [-0.1, -0.05) is 11.6 Å². The molecule has 1 atom stereocenters. The molecule has 0 spiro atoms. The van der Waals surface area contributed by atoms with Crippen molar-refractivity contribution < 1.29 is 13.5 Å². The predicted octanol–water partition coefficient (Wildman–Crippen LogP) is 5.63. The van der Waals surface area contributed by atoms with E-state index in [9.17, 15) is 8.78 Å². The molecule has 0 aliphatic heterocycles. The van der Waals surface area contributed by atoms with Gasteiger partial charge in [0, 0.05) is 24.2 Å². The van der Waals surface area contributed by atoms with Gasteiger partial charge in [-0.25, -0.2) is 28.7 Å². The lowest BCUT2D eigenvalue weighted by atomic mass is 10.1. The van der Waals surface area contributed by atoms with Crippen molar-refractivity contribution in [2.45, 2.75) is 13.0 Å². The van der Waals surface area contributed by atoms with Gasteiger partial charge in [0.05, 0.1) is 22.8 Å². The predicted molar refractivity (Wildman–Crippen MR) is 123 cm³/mol. The Bertz CT molecular complexity index is 1470. The van der Waals surface area contributed by atoms with Crippen LogP contribution in [0.2, 0.25) is 5.02 Å². The van der Waals surface area contributed by atoms with Gasteiger partial charge < -0.3 is 10.1 Å². The summed E-state index contributed by atoms with van der Waals surface area (Å²) in [5.41, 5.74) is 2.09. The first-order valence-electron chi connectivity index (χ1n) is 10.1. The summed E-state index contributed by atoms with van der Waals surface area (Å²) in [5.74, 6) is -0.654. The molecule has 5 aromatic rings. The molecule has 0 aliphatic carbocycles. The van der Waals surface area contributed by atoms with E-state index in [1.54, 1.807) is 36.9 Å². The molecule has 8 nitrogen and oxygen atoms in total. The Morgan fingerprint density at radius 1 is 1.06 bits per heavy atom. The van der Waals surface area contributed by atoms with E-state index < -0.39 is 22.8 Å². The fourth-order valence-corrected chi connectivity index (χ4v) is 3.60. The minimum Gasteiger partial charge on any atom is -0.482 e. The van der Waals surface area contributed by atoms with E-state index in [1.165, 1.54) is 12.4 Å². The molecule has 0 unspecified atom stereocenters. The van der Waals surface area contributed by atoms with Crippen LogP contribution in [-0.4, -0.2) is 30.1 Å². The molecule has 2 aromatic carbocycles. The number of aromatic amines is 1. The minimum atomic E-state index is -0.933. The zero-order valence-corrected chi connectivity index (χ0v) is 18.4. The third-order valence-corrected chi connectivity index (χ3v) is 5.42. The van der Waals surface area contributed by atoms with Gasteiger partial charge in [-0.15, -0.1) is 0 Å². The summed E-state index contributed by atoms with van der Waals surface area (Å²) >= 11 is 5.74. The maximum Gasteiger partial charge on any atom is 0.168 e. The molecule has 0 aliphatic rings. The van der Waals surface area contributed by atoms with Crippen molar-refractivity contribution >= 4 is 34.0 Å². The number of aromatic nitrogens is 6. The number of H-pyrrole nitrogens is 1. The average Bonchev–Trinajstić information content (AvgIpc) is 3.40. The monoisotopic (exact) mass is 479 g/mol. The van der Waals surface area contributed by atoms with Crippen LogP contribution in [0.1, 0.15) is 18.9 Å². The van der Waals surface area contributed by atoms with Gasteiger partial charge in [-0.3, -0.25) is 5.10 Å². The summed E-state index contributed by atoms with van der Waals surface area (Å²) < 4.78 is 34.5. The van der Waals surface area contributed by atoms with E-state index in [1.807, 2.05) is 13.0 Å². The van der Waals surface area contributed by atoms with Gasteiger partial charge in [0.2, 0.25) is 0 Å². The summed E-state index contributed by atoms with van der Waals surface area (Å²) in [5, 5.41) is 9.53. The summed E-state index contributed by atoms with van der Waals surface area (Å²) in [7, 11) is 0. The standard InChI is InChI=1S/C23H16ClF2N7O/c1-12(22-27-5-2-6-28-22)34-18-8-13(14-9-31-32-10-14)7-17-19(18)23(30-11-29-17)33-16-4-3-15(25)20(24)21(16)26/h2-12H,1H3,(H,31,32)(H,29,30,33)/t12-/m0/s1. The number of benzene rings is 2. The SMILES string of the molecule is C[C@H](Oc1cc(-c2cn[nH]c2)cc2ncnc(Nc3ccc(F)c(Cl)c3F)c12)c1ncccn1. The van der Waals surface area contributed by atoms with Crippen LogP contribution in [0.4, 0.5) is 20.3 Å². The Morgan fingerprint density at radius 2 is 1.88 bits per heavy atom. The molecule has 2 N–H and O–H groups in total. The van der Waals surface area contributed by atoms with Crippen molar-refractivity contribution in [3.8, 4) is 16.9 Å². The molecule has 11 heteroatoms. The maximum atomic E-state index is 14.6. The minimum absolute atomic E-state index is 0.0456. The number of rotatable bonds is 6. The number of halogens is 3. The molecule has 3 heterocycles. The Morgan fingerprint density at radius 3 is 2.65 bits per heavy atom. The lowest BCUT2D eigenvalue weighted by Gasteiger charge is -2.18. The van der Waals surface area contributed by atoms with Gasteiger partial charge in [-0.05, 0) is 42.8 Å². The van der Waals surface area contributed by atoms with Gasteiger partial charge in [0.25, 0.3) is 0 Å². The quantitative estimate of drug-likeness (QED) is 0.304. The molecule has 170 valence electrons. The molecular formula is C23H16ClF2N7O. The first-order chi connectivity index (χ1) is 16.5. The molecule has 0 radical (unpaired) electrons. The van der Waals surface area contributed by atoms with Crippen molar-refractivity contribution in [1.29, 1.82) is 0 Å². The lowest BCUT2D eigenvalue weighted by molar-refractivity contribution is 0.219. The third kappa shape index (κ3) is 4.11. The number of nitrogens with one attached hydrogen (secondary N) is 2. The third-order valence-electron chi connectivity index (χ3n) is 5.07. The number of nitrogens with zero attached hydrogens (tertiary/aromatic N) is 5. The second-order valence-corrected chi connectivity index (χ2v) is 7.67. The first-order valence-corrected chi connectivity index (χ1v) is 10.5. The van der Waals surface area contributed by atoms with Crippen LogP contribution in [0, 0.1) is 11.6 Å². The lowest BCUT2D eigenvalue weighted by Crippen LogP contribution is -2.08. The molecule has 0 fully saturated rings. The topological polar surface area (TPSA) is 102 Å². The summed E-state index contributed by atoms with van der Waals surface area (Å²) in [4.78, 5) is 17.1. The molecule has 0 bridgehead atoms. The van der Waals surface area contributed by atoms with Crippen LogP contribution in [0.3, 0.4) is 0 Å². The van der Waals surface area contributed by atoms with Crippen molar-refractivity contribution in [2.24, 2.45) is 0 Å². The van der Waals surface area contributed by atoms with Gasteiger partial charge >= 0.3 is 0 Å². The fourth-order valence-electron chi connectivity index (χ4n) is 3.43. The van der Waals surface area contributed by atoms with Crippen LogP contribution in [0.25, 0.3) is 22.0 Å². The summed E-state index contributed by atoms with van der Waals surface area (Å²) in [6, 6.07) is 7.65. The van der Waals surface area contributed by atoms with Crippen molar-refractivity contribution in [3.05, 3.63) is 83.9 Å². The number of fused-ring (bicyclic) bond motifs is 1. The second kappa shape index (κ2) is 8.99. The molecule has 5 rings (SSSR count). The van der Waals surface area contributed by atoms with E-state index >= 15 is 0 Å². The first kappa shape index (κ1) is 21.7. The van der Waals surface area contributed by atoms with E-state index in [0.29, 0.717) is 22.5 Å². The van der Waals surface area contributed by atoms with Crippen molar-refractivity contribution in [3.63, 3.8) is 0 Å². The zero-order chi connectivity index (χ0) is 23.7.